The molecule has 1 heterocycles. The summed E-state index contributed by atoms with van der Waals surface area (Å²) in [6, 6.07) is 0. The van der Waals surface area contributed by atoms with Crippen LogP contribution in [0, 0.1) is 0 Å². The van der Waals surface area contributed by atoms with Crippen LogP contribution in [0.5, 0.6) is 0 Å². The van der Waals surface area contributed by atoms with Crippen molar-refractivity contribution in [2.75, 3.05) is 33.9 Å². The Morgan fingerprint density at radius 3 is 2.20 bits per heavy atom. The summed E-state index contributed by atoms with van der Waals surface area (Å²) in [5.41, 5.74) is 0. The fourth-order valence-corrected chi connectivity index (χ4v) is 1.03. The van der Waals surface area contributed by atoms with E-state index in [0.717, 1.165) is 13.1 Å². The molecule has 1 saturated heterocycles. The summed E-state index contributed by atoms with van der Waals surface area (Å²) in [4.78, 5) is 0. The maximum absolute atomic E-state index is 5.13. The van der Waals surface area contributed by atoms with Crippen LogP contribution in [0.3, 0.4) is 0 Å². The van der Waals surface area contributed by atoms with Gasteiger partial charge in [-0.3, -0.25) is 5.32 Å². The molecule has 0 aromatic heterocycles. The van der Waals surface area contributed by atoms with Crippen LogP contribution in [0.1, 0.15) is 0 Å². The molecule has 0 bridgehead atoms. The minimum Gasteiger partial charge on any atom is -0.340 e. The molecule has 10 heavy (non-hydrogen) atoms. The number of hydrogen-bond donors (Lipinski definition) is 2. The molecule has 2 N–H and O–H groups in total. The molecule has 0 unspecified atom stereocenters. The van der Waals surface area contributed by atoms with Gasteiger partial charge in [0.25, 0.3) is 0 Å². The summed E-state index contributed by atoms with van der Waals surface area (Å²) in [6.07, 6.45) is 0. The predicted octanol–water partition coefficient (Wildman–Crippen LogP) is -0.874. The lowest BCUT2D eigenvalue weighted by atomic mass is 10.3. The summed E-state index contributed by atoms with van der Waals surface area (Å²) in [7, 11) is 3.26. The SMILES string of the molecule is COC1(OC)CNCCN1. The molecule has 0 aliphatic carbocycles. The maximum Gasteiger partial charge on any atom is 0.240 e. The predicted molar refractivity (Wildman–Crippen MR) is 37.6 cm³/mol. The molecular formula is C6H14N2O2. The molecule has 4 nitrogen and oxygen atoms in total. The van der Waals surface area contributed by atoms with E-state index in [-0.39, 0.29) is 0 Å². The third-order valence-electron chi connectivity index (χ3n) is 1.71. The molecule has 0 atom stereocenters. The molecule has 0 aromatic rings. The first-order valence-electron chi connectivity index (χ1n) is 3.39. The van der Waals surface area contributed by atoms with Gasteiger partial charge in [0.05, 0.1) is 6.54 Å². The third kappa shape index (κ3) is 1.46. The number of methoxy groups -OCH3 is 2. The summed E-state index contributed by atoms with van der Waals surface area (Å²) in [6.45, 7) is 2.54. The van der Waals surface area contributed by atoms with Gasteiger partial charge in [-0.25, -0.2) is 0 Å². The first-order chi connectivity index (χ1) is 4.83. The minimum absolute atomic E-state index is 0.599. The van der Waals surface area contributed by atoms with Gasteiger partial charge in [-0.1, -0.05) is 0 Å². The number of piperazine rings is 1. The topological polar surface area (TPSA) is 42.5 Å². The standard InChI is InChI=1S/C6H14N2O2/c1-9-6(10-2)5-7-3-4-8-6/h7-8H,3-5H2,1-2H3. The van der Waals surface area contributed by atoms with Gasteiger partial charge in [0.2, 0.25) is 5.91 Å². The van der Waals surface area contributed by atoms with Crippen molar-refractivity contribution in [3.63, 3.8) is 0 Å². The van der Waals surface area contributed by atoms with Crippen molar-refractivity contribution in [3.05, 3.63) is 0 Å². The summed E-state index contributed by atoms with van der Waals surface area (Å²) >= 11 is 0. The second-order valence-corrected chi connectivity index (χ2v) is 2.26. The molecule has 0 radical (unpaired) electrons. The molecule has 0 aromatic carbocycles. The van der Waals surface area contributed by atoms with Crippen LogP contribution in [0.25, 0.3) is 0 Å². The monoisotopic (exact) mass is 146 g/mol. The second-order valence-electron chi connectivity index (χ2n) is 2.26. The first kappa shape index (κ1) is 7.94. The van der Waals surface area contributed by atoms with E-state index in [2.05, 4.69) is 10.6 Å². The van der Waals surface area contributed by atoms with Crippen LogP contribution in [0.15, 0.2) is 0 Å². The average Bonchev–Trinajstić information content (AvgIpc) is 2.06. The van der Waals surface area contributed by atoms with Crippen LogP contribution in [-0.2, 0) is 9.47 Å². The highest BCUT2D eigenvalue weighted by Gasteiger charge is 2.30. The molecule has 0 spiro atoms. The van der Waals surface area contributed by atoms with Gasteiger partial charge in [-0.05, 0) is 0 Å². The molecular weight excluding hydrogens is 132 g/mol. The molecule has 0 amide bonds. The Labute approximate surface area is 60.9 Å². The molecule has 1 aliphatic heterocycles. The van der Waals surface area contributed by atoms with E-state index in [0.29, 0.717) is 6.54 Å². The van der Waals surface area contributed by atoms with E-state index in [4.69, 9.17) is 9.47 Å². The van der Waals surface area contributed by atoms with Crippen molar-refractivity contribution in [2.24, 2.45) is 0 Å². The number of nitrogens with one attached hydrogen (secondary N) is 2. The molecule has 60 valence electrons. The van der Waals surface area contributed by atoms with E-state index in [1.165, 1.54) is 0 Å². The van der Waals surface area contributed by atoms with E-state index in [1.807, 2.05) is 0 Å². The van der Waals surface area contributed by atoms with Gasteiger partial charge in [-0.2, -0.15) is 0 Å². The lowest BCUT2D eigenvalue weighted by Gasteiger charge is -2.35. The van der Waals surface area contributed by atoms with Gasteiger partial charge in [0.1, 0.15) is 0 Å². The van der Waals surface area contributed by atoms with Crippen LogP contribution in [0.2, 0.25) is 0 Å². The molecule has 0 saturated carbocycles. The third-order valence-corrected chi connectivity index (χ3v) is 1.71. The van der Waals surface area contributed by atoms with Gasteiger partial charge < -0.3 is 14.8 Å². The first-order valence-corrected chi connectivity index (χ1v) is 3.39. The van der Waals surface area contributed by atoms with Crippen LogP contribution in [0.4, 0.5) is 0 Å². The fourth-order valence-electron chi connectivity index (χ4n) is 1.03. The molecule has 4 heteroatoms. The highest BCUT2D eigenvalue weighted by atomic mass is 16.7. The van der Waals surface area contributed by atoms with Crippen LogP contribution in [-0.4, -0.2) is 39.8 Å². The summed E-state index contributed by atoms with van der Waals surface area (Å²) in [5.74, 6) is -0.599. The van der Waals surface area contributed by atoms with Crippen molar-refractivity contribution < 1.29 is 9.47 Å². The Bertz CT molecular complexity index is 95.9. The fraction of sp³-hybridized carbons (Fsp3) is 1.00. The normalized spacial score (nSPS) is 24.6. The van der Waals surface area contributed by atoms with Crippen LogP contribution >= 0.6 is 0 Å². The van der Waals surface area contributed by atoms with Crippen molar-refractivity contribution in [3.8, 4) is 0 Å². The number of ether oxygens (including phenoxy) is 2. The largest absolute Gasteiger partial charge is 0.340 e. The highest BCUT2D eigenvalue weighted by molar-refractivity contribution is 4.75. The smallest absolute Gasteiger partial charge is 0.240 e. The summed E-state index contributed by atoms with van der Waals surface area (Å²) in [5, 5.41) is 6.29. The van der Waals surface area contributed by atoms with Crippen molar-refractivity contribution in [1.29, 1.82) is 0 Å². The highest BCUT2D eigenvalue weighted by Crippen LogP contribution is 2.06. The van der Waals surface area contributed by atoms with E-state index in [9.17, 15) is 0 Å². The minimum atomic E-state index is -0.599. The second kappa shape index (κ2) is 3.30. The Morgan fingerprint density at radius 2 is 1.90 bits per heavy atom. The Morgan fingerprint density at radius 1 is 1.20 bits per heavy atom. The van der Waals surface area contributed by atoms with Crippen molar-refractivity contribution in [1.82, 2.24) is 10.6 Å². The average molecular weight is 146 g/mol. The van der Waals surface area contributed by atoms with E-state index < -0.39 is 5.91 Å². The van der Waals surface area contributed by atoms with Gasteiger partial charge >= 0.3 is 0 Å². The van der Waals surface area contributed by atoms with Gasteiger partial charge in [0, 0.05) is 27.3 Å². The quantitative estimate of drug-likeness (QED) is 0.497. The number of hydrogen-bond acceptors (Lipinski definition) is 4. The van der Waals surface area contributed by atoms with E-state index >= 15 is 0 Å². The maximum atomic E-state index is 5.13. The lowest BCUT2D eigenvalue weighted by molar-refractivity contribution is -0.230. The zero-order valence-electron chi connectivity index (χ0n) is 6.44. The van der Waals surface area contributed by atoms with Crippen molar-refractivity contribution in [2.45, 2.75) is 5.91 Å². The zero-order chi connectivity index (χ0) is 7.45. The Balaban J connectivity index is 2.44. The molecule has 1 fully saturated rings. The van der Waals surface area contributed by atoms with E-state index in [1.54, 1.807) is 14.2 Å². The number of rotatable bonds is 2. The zero-order valence-corrected chi connectivity index (χ0v) is 6.44. The van der Waals surface area contributed by atoms with Crippen LogP contribution < -0.4 is 10.6 Å². The molecule has 1 aliphatic rings. The van der Waals surface area contributed by atoms with Crippen molar-refractivity contribution >= 4 is 0 Å². The summed E-state index contributed by atoms with van der Waals surface area (Å²) < 4.78 is 10.3. The Kier molecular flexibility index (Phi) is 2.62. The molecule has 1 rings (SSSR count). The lowest BCUT2D eigenvalue weighted by Crippen LogP contribution is -2.61. The van der Waals surface area contributed by atoms with Gasteiger partial charge in [-0.15, -0.1) is 0 Å². The van der Waals surface area contributed by atoms with Gasteiger partial charge in [0.15, 0.2) is 0 Å². The Hall–Kier alpha value is -0.160.